The van der Waals surface area contributed by atoms with Gasteiger partial charge in [0.2, 0.25) is 11.8 Å². The minimum Gasteiger partial charge on any atom is -0.481 e. The van der Waals surface area contributed by atoms with Crippen molar-refractivity contribution < 1.29 is 19.5 Å². The number of halogens is 1. The summed E-state index contributed by atoms with van der Waals surface area (Å²) >= 11 is 5.89. The fourth-order valence-corrected chi connectivity index (χ4v) is 5.30. The second-order valence-corrected chi connectivity index (χ2v) is 11.2. The number of hydrogen-bond acceptors (Lipinski definition) is 4. The van der Waals surface area contributed by atoms with Crippen LogP contribution in [0.1, 0.15) is 55.2 Å². The van der Waals surface area contributed by atoms with Gasteiger partial charge in [0.15, 0.2) is 0 Å². The minimum atomic E-state index is -0.980. The number of aliphatic carboxylic acids is 1. The highest BCUT2D eigenvalue weighted by molar-refractivity contribution is 6.30. The van der Waals surface area contributed by atoms with E-state index in [4.69, 9.17) is 11.6 Å². The number of benzene rings is 2. The zero-order valence-corrected chi connectivity index (χ0v) is 23.4. The van der Waals surface area contributed by atoms with Crippen LogP contribution in [-0.4, -0.2) is 60.0 Å². The highest BCUT2D eigenvalue weighted by Gasteiger charge is 2.37. The van der Waals surface area contributed by atoms with Crippen LogP contribution in [0.15, 0.2) is 48.5 Å². The molecule has 1 unspecified atom stereocenters. The molecular weight excluding hydrogens is 502 g/mol. The van der Waals surface area contributed by atoms with E-state index in [1.54, 1.807) is 24.3 Å². The van der Waals surface area contributed by atoms with Gasteiger partial charge in [-0.15, -0.1) is 0 Å². The molecule has 2 aromatic carbocycles. The first-order valence-electron chi connectivity index (χ1n) is 13.3. The van der Waals surface area contributed by atoms with E-state index in [-0.39, 0.29) is 49.2 Å². The molecule has 1 aliphatic rings. The fraction of sp³-hybridized carbons (Fsp3) is 0.500. The number of hydrogen-bond donors (Lipinski definition) is 3. The summed E-state index contributed by atoms with van der Waals surface area (Å²) in [5.74, 6) is -2.20. The van der Waals surface area contributed by atoms with Crippen LogP contribution in [-0.2, 0) is 27.2 Å². The lowest BCUT2D eigenvalue weighted by molar-refractivity contribution is -0.141. The number of carboxylic acids is 1. The van der Waals surface area contributed by atoms with Gasteiger partial charge in [-0.3, -0.25) is 14.4 Å². The van der Waals surface area contributed by atoms with Crippen LogP contribution >= 0.6 is 11.6 Å². The van der Waals surface area contributed by atoms with Crippen LogP contribution in [0.3, 0.4) is 0 Å². The Morgan fingerprint density at radius 2 is 1.55 bits per heavy atom. The molecule has 7 nitrogen and oxygen atoms in total. The Kier molecular flexibility index (Phi) is 10.7. The summed E-state index contributed by atoms with van der Waals surface area (Å²) in [6.07, 6.45) is 5.15. The molecule has 1 saturated carbocycles. The molecular formula is C30H40ClN3O4. The molecule has 0 bridgehead atoms. The lowest BCUT2D eigenvalue weighted by Gasteiger charge is -2.45. The zero-order chi connectivity index (χ0) is 27.7. The van der Waals surface area contributed by atoms with E-state index in [0.29, 0.717) is 5.02 Å². The predicted molar refractivity (Wildman–Crippen MR) is 150 cm³/mol. The normalized spacial score (nSPS) is 20.1. The summed E-state index contributed by atoms with van der Waals surface area (Å²) in [5, 5.41) is 15.9. The van der Waals surface area contributed by atoms with Gasteiger partial charge in [-0.1, -0.05) is 53.6 Å². The maximum Gasteiger partial charge on any atom is 0.308 e. The molecule has 3 N–H and O–H groups in total. The molecule has 0 spiro atoms. The van der Waals surface area contributed by atoms with Crippen LogP contribution < -0.4 is 10.6 Å². The van der Waals surface area contributed by atoms with E-state index < -0.39 is 11.9 Å². The zero-order valence-electron chi connectivity index (χ0n) is 22.6. The number of amides is 2. The monoisotopic (exact) mass is 541 g/mol. The van der Waals surface area contributed by atoms with Gasteiger partial charge in [0, 0.05) is 36.0 Å². The van der Waals surface area contributed by atoms with Gasteiger partial charge in [-0.2, -0.15) is 0 Å². The minimum absolute atomic E-state index is 0.00857. The third kappa shape index (κ3) is 8.84. The standard InChI is InChI=1S/C30H40ClN3O4/c1-21-4-6-23(7-5-21)19-30(34(2)3)16-14-26(15-17-30)33-28(36)13-12-27(35)32-20-24(29(37)38)18-22-8-10-25(31)11-9-22/h4-11,24,26H,12-20H2,1-3H3,(H,32,35)(H,33,36)(H,37,38). The molecule has 0 saturated heterocycles. The van der Waals surface area contributed by atoms with Crippen molar-refractivity contribution in [3.63, 3.8) is 0 Å². The predicted octanol–water partition coefficient (Wildman–Crippen LogP) is 4.39. The molecule has 0 radical (unpaired) electrons. The lowest BCUT2D eigenvalue weighted by atomic mass is 9.74. The number of carbonyl (C=O) groups is 3. The van der Waals surface area contributed by atoms with Gasteiger partial charge in [0.1, 0.15) is 0 Å². The van der Waals surface area contributed by atoms with E-state index in [0.717, 1.165) is 37.7 Å². The number of likely N-dealkylation sites (N-methyl/N-ethyl adjacent to an activating group) is 1. The Bertz CT molecular complexity index is 1080. The molecule has 0 aliphatic heterocycles. The second-order valence-electron chi connectivity index (χ2n) is 10.8. The van der Waals surface area contributed by atoms with Gasteiger partial charge in [0.25, 0.3) is 0 Å². The van der Waals surface area contributed by atoms with Crippen molar-refractivity contribution >= 4 is 29.4 Å². The number of rotatable bonds is 12. The molecule has 8 heteroatoms. The first kappa shape index (κ1) is 29.7. The van der Waals surface area contributed by atoms with Crippen LogP contribution in [0.4, 0.5) is 0 Å². The van der Waals surface area contributed by atoms with Crippen molar-refractivity contribution in [2.45, 2.75) is 69.9 Å². The smallest absolute Gasteiger partial charge is 0.308 e. The number of nitrogens with zero attached hydrogens (tertiary/aromatic N) is 1. The summed E-state index contributed by atoms with van der Waals surface area (Å²) in [6, 6.07) is 15.8. The number of carbonyl (C=O) groups excluding carboxylic acids is 2. The van der Waals surface area contributed by atoms with Crippen LogP contribution in [0, 0.1) is 12.8 Å². The largest absolute Gasteiger partial charge is 0.481 e. The lowest BCUT2D eigenvalue weighted by Crippen LogP contribution is -2.52. The number of aryl methyl sites for hydroxylation is 1. The Hall–Kier alpha value is -2.90. The fourth-order valence-electron chi connectivity index (χ4n) is 5.17. The van der Waals surface area contributed by atoms with E-state index in [1.807, 2.05) is 0 Å². The first-order chi connectivity index (χ1) is 18.1. The maximum absolute atomic E-state index is 12.5. The van der Waals surface area contributed by atoms with Gasteiger partial charge >= 0.3 is 5.97 Å². The van der Waals surface area contributed by atoms with Gasteiger partial charge in [-0.05, 0) is 82.8 Å². The van der Waals surface area contributed by atoms with E-state index in [1.165, 1.54) is 11.1 Å². The van der Waals surface area contributed by atoms with Crippen molar-refractivity contribution in [2.24, 2.45) is 5.92 Å². The Morgan fingerprint density at radius 1 is 0.974 bits per heavy atom. The highest BCUT2D eigenvalue weighted by Crippen LogP contribution is 2.35. The average molecular weight is 542 g/mol. The van der Waals surface area contributed by atoms with Crippen LogP contribution in [0.2, 0.25) is 5.02 Å². The van der Waals surface area contributed by atoms with E-state index in [9.17, 15) is 19.5 Å². The number of carboxylic acid groups (broad SMARTS) is 1. The molecule has 1 atom stereocenters. The summed E-state index contributed by atoms with van der Waals surface area (Å²) in [7, 11) is 4.27. The molecule has 38 heavy (non-hydrogen) atoms. The van der Waals surface area contributed by atoms with Crippen molar-refractivity contribution in [1.82, 2.24) is 15.5 Å². The summed E-state index contributed by atoms with van der Waals surface area (Å²) in [6.45, 7) is 2.10. The van der Waals surface area contributed by atoms with E-state index in [2.05, 4.69) is 60.8 Å². The van der Waals surface area contributed by atoms with Crippen molar-refractivity contribution in [2.75, 3.05) is 20.6 Å². The molecule has 1 aliphatic carbocycles. The van der Waals surface area contributed by atoms with E-state index >= 15 is 0 Å². The van der Waals surface area contributed by atoms with Crippen LogP contribution in [0.25, 0.3) is 0 Å². The molecule has 0 aromatic heterocycles. The third-order valence-corrected chi connectivity index (χ3v) is 8.01. The van der Waals surface area contributed by atoms with Crippen LogP contribution in [0.5, 0.6) is 0 Å². The molecule has 3 rings (SSSR count). The quantitative estimate of drug-likeness (QED) is 0.370. The van der Waals surface area contributed by atoms with Gasteiger partial charge in [-0.25, -0.2) is 0 Å². The highest BCUT2D eigenvalue weighted by atomic mass is 35.5. The van der Waals surface area contributed by atoms with Crippen molar-refractivity contribution in [1.29, 1.82) is 0 Å². The molecule has 2 aromatic rings. The Balaban J connectivity index is 1.40. The average Bonchev–Trinajstić information content (AvgIpc) is 2.88. The molecule has 2 amide bonds. The van der Waals surface area contributed by atoms with Crippen molar-refractivity contribution in [3.8, 4) is 0 Å². The Morgan fingerprint density at radius 3 is 2.13 bits per heavy atom. The molecule has 0 heterocycles. The van der Waals surface area contributed by atoms with Crippen molar-refractivity contribution in [3.05, 3.63) is 70.2 Å². The third-order valence-electron chi connectivity index (χ3n) is 7.75. The first-order valence-corrected chi connectivity index (χ1v) is 13.7. The van der Waals surface area contributed by atoms with Gasteiger partial charge in [0.05, 0.1) is 5.92 Å². The topological polar surface area (TPSA) is 98.7 Å². The van der Waals surface area contributed by atoms with Gasteiger partial charge < -0.3 is 20.6 Å². The molecule has 206 valence electrons. The SMILES string of the molecule is Cc1ccc(CC2(N(C)C)CCC(NC(=O)CCC(=O)NCC(Cc3ccc(Cl)cc3)C(=O)O)CC2)cc1. The Labute approximate surface area is 230 Å². The number of nitrogens with one attached hydrogen (secondary N) is 2. The second kappa shape index (κ2) is 13.8. The maximum atomic E-state index is 12.5. The summed E-state index contributed by atoms with van der Waals surface area (Å²) < 4.78 is 0. The summed E-state index contributed by atoms with van der Waals surface area (Å²) in [5.41, 5.74) is 3.49. The summed E-state index contributed by atoms with van der Waals surface area (Å²) in [4.78, 5) is 38.8. The molecule has 1 fully saturated rings.